The number of nitrogens with zero attached hydrogens (tertiary/aromatic N) is 1. The highest BCUT2D eigenvalue weighted by atomic mass is 32.2. The fraction of sp³-hybridized carbons (Fsp3) is 1.00. The fourth-order valence-corrected chi connectivity index (χ4v) is 2.27. The summed E-state index contributed by atoms with van der Waals surface area (Å²) in [5, 5.41) is 0. The van der Waals surface area contributed by atoms with Crippen molar-refractivity contribution in [3.05, 3.63) is 0 Å². The Morgan fingerprint density at radius 1 is 1.23 bits per heavy atom. The second kappa shape index (κ2) is 5.23. The standard InChI is InChI=1S/C10H21NOS/c1-10(2,3)13-9-6-11-4-7-12-8-5-11/h4-9H2,1-3H3. The van der Waals surface area contributed by atoms with E-state index in [1.54, 1.807) is 0 Å². The molecule has 1 aliphatic heterocycles. The van der Waals surface area contributed by atoms with Crippen molar-refractivity contribution in [3.63, 3.8) is 0 Å². The zero-order valence-electron chi connectivity index (χ0n) is 9.01. The Bertz CT molecular complexity index is 138. The lowest BCUT2D eigenvalue weighted by molar-refractivity contribution is 0.0410. The fourth-order valence-electron chi connectivity index (χ4n) is 1.31. The molecule has 0 radical (unpaired) electrons. The van der Waals surface area contributed by atoms with Gasteiger partial charge in [0, 0.05) is 30.1 Å². The summed E-state index contributed by atoms with van der Waals surface area (Å²) in [4.78, 5) is 2.49. The van der Waals surface area contributed by atoms with Crippen molar-refractivity contribution in [2.75, 3.05) is 38.6 Å². The van der Waals surface area contributed by atoms with E-state index in [4.69, 9.17) is 4.74 Å². The minimum Gasteiger partial charge on any atom is -0.379 e. The van der Waals surface area contributed by atoms with Gasteiger partial charge in [-0.25, -0.2) is 0 Å². The van der Waals surface area contributed by atoms with Gasteiger partial charge in [-0.3, -0.25) is 4.90 Å². The van der Waals surface area contributed by atoms with Gasteiger partial charge in [0.15, 0.2) is 0 Å². The highest BCUT2D eigenvalue weighted by molar-refractivity contribution is 8.00. The summed E-state index contributed by atoms with van der Waals surface area (Å²) >= 11 is 2.04. The molecular formula is C10H21NOS. The summed E-state index contributed by atoms with van der Waals surface area (Å²) in [7, 11) is 0. The van der Waals surface area contributed by atoms with Crippen molar-refractivity contribution in [1.29, 1.82) is 0 Å². The van der Waals surface area contributed by atoms with E-state index in [0.29, 0.717) is 4.75 Å². The van der Waals surface area contributed by atoms with Crippen LogP contribution in [0.5, 0.6) is 0 Å². The summed E-state index contributed by atoms with van der Waals surface area (Å²) in [6.45, 7) is 12.1. The molecule has 1 saturated heterocycles. The first-order valence-corrected chi connectivity index (χ1v) is 6.00. The minimum atomic E-state index is 0.409. The van der Waals surface area contributed by atoms with Crippen LogP contribution in [0.4, 0.5) is 0 Å². The first kappa shape index (κ1) is 11.3. The Morgan fingerprint density at radius 3 is 2.38 bits per heavy atom. The van der Waals surface area contributed by atoms with Crippen LogP contribution < -0.4 is 0 Å². The molecule has 1 fully saturated rings. The first-order chi connectivity index (χ1) is 6.08. The molecule has 0 aromatic carbocycles. The van der Waals surface area contributed by atoms with Crippen molar-refractivity contribution < 1.29 is 4.74 Å². The number of morpholine rings is 1. The maximum atomic E-state index is 5.30. The van der Waals surface area contributed by atoms with Gasteiger partial charge in [0.1, 0.15) is 0 Å². The zero-order valence-corrected chi connectivity index (χ0v) is 9.82. The molecule has 0 bridgehead atoms. The van der Waals surface area contributed by atoms with Crippen molar-refractivity contribution in [2.24, 2.45) is 0 Å². The summed E-state index contributed by atoms with van der Waals surface area (Å²) in [6.07, 6.45) is 0. The van der Waals surface area contributed by atoms with Gasteiger partial charge in [0.25, 0.3) is 0 Å². The Hall–Kier alpha value is 0.270. The second-order valence-corrected chi connectivity index (χ2v) is 6.34. The van der Waals surface area contributed by atoms with Crippen LogP contribution in [0.2, 0.25) is 0 Å². The van der Waals surface area contributed by atoms with Crippen LogP contribution in [0.3, 0.4) is 0 Å². The van der Waals surface area contributed by atoms with Gasteiger partial charge in [0.2, 0.25) is 0 Å². The molecule has 3 heteroatoms. The number of hydrogen-bond acceptors (Lipinski definition) is 3. The average molecular weight is 203 g/mol. The summed E-state index contributed by atoms with van der Waals surface area (Å²) in [5.41, 5.74) is 0. The molecule has 0 aromatic rings. The maximum Gasteiger partial charge on any atom is 0.0594 e. The van der Waals surface area contributed by atoms with E-state index in [9.17, 15) is 0 Å². The third kappa shape index (κ3) is 5.55. The van der Waals surface area contributed by atoms with Crippen LogP contribution in [0.15, 0.2) is 0 Å². The second-order valence-electron chi connectivity index (χ2n) is 4.41. The van der Waals surface area contributed by atoms with E-state index in [0.717, 1.165) is 26.3 Å². The quantitative estimate of drug-likeness (QED) is 0.694. The van der Waals surface area contributed by atoms with Gasteiger partial charge < -0.3 is 4.74 Å². The summed E-state index contributed by atoms with van der Waals surface area (Å²) < 4.78 is 5.71. The molecule has 0 amide bonds. The molecule has 0 saturated carbocycles. The largest absolute Gasteiger partial charge is 0.379 e. The number of hydrogen-bond donors (Lipinski definition) is 0. The smallest absolute Gasteiger partial charge is 0.0594 e. The molecule has 0 aliphatic carbocycles. The molecule has 78 valence electrons. The highest BCUT2D eigenvalue weighted by Crippen LogP contribution is 2.22. The SMILES string of the molecule is CC(C)(C)SCCN1CCOCC1. The number of rotatable bonds is 3. The lowest BCUT2D eigenvalue weighted by atomic mass is 10.3. The third-order valence-electron chi connectivity index (χ3n) is 2.05. The topological polar surface area (TPSA) is 12.5 Å². The molecule has 0 atom stereocenters. The Kier molecular flexibility index (Phi) is 4.56. The lowest BCUT2D eigenvalue weighted by Gasteiger charge is -2.27. The lowest BCUT2D eigenvalue weighted by Crippen LogP contribution is -2.37. The van der Waals surface area contributed by atoms with Gasteiger partial charge >= 0.3 is 0 Å². The van der Waals surface area contributed by atoms with E-state index in [-0.39, 0.29) is 0 Å². The molecule has 1 rings (SSSR count). The molecule has 0 spiro atoms. The molecule has 0 N–H and O–H groups in total. The summed E-state index contributed by atoms with van der Waals surface area (Å²) in [5.74, 6) is 1.24. The molecular weight excluding hydrogens is 182 g/mol. The molecule has 13 heavy (non-hydrogen) atoms. The Labute approximate surface area is 86.0 Å². The van der Waals surface area contributed by atoms with Crippen LogP contribution in [0.1, 0.15) is 20.8 Å². The van der Waals surface area contributed by atoms with Crippen LogP contribution in [0, 0.1) is 0 Å². The van der Waals surface area contributed by atoms with Crippen molar-refractivity contribution >= 4 is 11.8 Å². The Balaban J connectivity index is 2.04. The molecule has 1 aliphatic rings. The van der Waals surface area contributed by atoms with Crippen molar-refractivity contribution in [1.82, 2.24) is 4.90 Å². The van der Waals surface area contributed by atoms with E-state index in [1.165, 1.54) is 12.3 Å². The molecule has 0 aromatic heterocycles. The van der Waals surface area contributed by atoms with Crippen LogP contribution in [-0.2, 0) is 4.74 Å². The summed E-state index contributed by atoms with van der Waals surface area (Å²) in [6, 6.07) is 0. The molecule has 2 nitrogen and oxygen atoms in total. The van der Waals surface area contributed by atoms with Gasteiger partial charge in [-0.15, -0.1) is 0 Å². The van der Waals surface area contributed by atoms with Gasteiger partial charge in [-0.1, -0.05) is 20.8 Å². The maximum absolute atomic E-state index is 5.30. The molecule has 1 heterocycles. The minimum absolute atomic E-state index is 0.409. The van der Waals surface area contributed by atoms with Crippen molar-refractivity contribution in [2.45, 2.75) is 25.5 Å². The molecule has 0 unspecified atom stereocenters. The predicted molar refractivity (Wildman–Crippen MR) is 59.5 cm³/mol. The van der Waals surface area contributed by atoms with Gasteiger partial charge in [-0.05, 0) is 0 Å². The van der Waals surface area contributed by atoms with Crippen molar-refractivity contribution in [3.8, 4) is 0 Å². The van der Waals surface area contributed by atoms with E-state index in [2.05, 4.69) is 25.7 Å². The number of thioether (sulfide) groups is 1. The first-order valence-electron chi connectivity index (χ1n) is 5.02. The van der Waals surface area contributed by atoms with Gasteiger partial charge in [0.05, 0.1) is 13.2 Å². The normalized spacial score (nSPS) is 20.5. The van der Waals surface area contributed by atoms with Crippen LogP contribution >= 0.6 is 11.8 Å². The number of ether oxygens (including phenoxy) is 1. The monoisotopic (exact) mass is 203 g/mol. The average Bonchev–Trinajstić information content (AvgIpc) is 2.04. The highest BCUT2D eigenvalue weighted by Gasteiger charge is 2.13. The van der Waals surface area contributed by atoms with Crippen LogP contribution in [-0.4, -0.2) is 48.2 Å². The van der Waals surface area contributed by atoms with E-state index >= 15 is 0 Å². The van der Waals surface area contributed by atoms with E-state index in [1.807, 2.05) is 11.8 Å². The van der Waals surface area contributed by atoms with Gasteiger partial charge in [-0.2, -0.15) is 11.8 Å². The van der Waals surface area contributed by atoms with Crippen LogP contribution in [0.25, 0.3) is 0 Å². The zero-order chi connectivity index (χ0) is 9.73. The third-order valence-corrected chi connectivity index (χ3v) is 3.30. The van der Waals surface area contributed by atoms with E-state index < -0.39 is 0 Å². The Morgan fingerprint density at radius 2 is 1.85 bits per heavy atom. The predicted octanol–water partition coefficient (Wildman–Crippen LogP) is 1.85.